The summed E-state index contributed by atoms with van der Waals surface area (Å²) in [6.45, 7) is 7.16. The van der Waals surface area contributed by atoms with Gasteiger partial charge in [-0.2, -0.15) is 0 Å². The monoisotopic (exact) mass is 354 g/mol. The van der Waals surface area contributed by atoms with Gasteiger partial charge in [0.05, 0.1) is 13.2 Å². The van der Waals surface area contributed by atoms with E-state index in [0.717, 1.165) is 29.7 Å². The number of carbonyl (C=O) groups excluding carboxylic acids is 1. The molecule has 26 heavy (non-hydrogen) atoms. The lowest BCUT2D eigenvalue weighted by Crippen LogP contribution is -2.04. The van der Waals surface area contributed by atoms with Gasteiger partial charge in [0.2, 0.25) is 0 Å². The molecule has 0 unspecified atom stereocenters. The second-order valence-corrected chi connectivity index (χ2v) is 5.86. The van der Waals surface area contributed by atoms with E-state index >= 15 is 0 Å². The first-order chi connectivity index (χ1) is 12.6. The van der Waals surface area contributed by atoms with Gasteiger partial charge in [0.1, 0.15) is 5.75 Å². The maximum absolute atomic E-state index is 12.0. The van der Waals surface area contributed by atoms with E-state index in [1.54, 1.807) is 12.1 Å². The number of benzene rings is 2. The molecule has 0 aromatic heterocycles. The van der Waals surface area contributed by atoms with Gasteiger partial charge in [0.25, 0.3) is 0 Å². The highest BCUT2D eigenvalue weighted by atomic mass is 16.5. The van der Waals surface area contributed by atoms with Crippen molar-refractivity contribution in [3.05, 3.63) is 59.7 Å². The van der Waals surface area contributed by atoms with E-state index in [1.165, 1.54) is 6.08 Å². The summed E-state index contributed by atoms with van der Waals surface area (Å²) in [5.74, 6) is 1.55. The van der Waals surface area contributed by atoms with Crippen LogP contribution < -0.4 is 14.2 Å². The van der Waals surface area contributed by atoms with E-state index in [4.69, 9.17) is 14.2 Å². The Hall–Kier alpha value is -2.75. The molecule has 0 aliphatic carbocycles. The van der Waals surface area contributed by atoms with Crippen LogP contribution in [0.25, 0.3) is 6.08 Å². The molecule has 0 spiro atoms. The van der Waals surface area contributed by atoms with Crippen LogP contribution in [0.4, 0.5) is 0 Å². The topological polar surface area (TPSA) is 44.8 Å². The lowest BCUT2D eigenvalue weighted by molar-refractivity contribution is -0.128. The van der Waals surface area contributed by atoms with Crippen LogP contribution in [0.5, 0.6) is 17.2 Å². The molecule has 0 heterocycles. The number of hydrogen-bond donors (Lipinski definition) is 0. The number of carbonyl (C=O) groups is 1. The fourth-order valence-corrected chi connectivity index (χ4v) is 2.32. The van der Waals surface area contributed by atoms with Gasteiger partial charge >= 0.3 is 5.97 Å². The summed E-state index contributed by atoms with van der Waals surface area (Å²) in [5.41, 5.74) is 1.76. The van der Waals surface area contributed by atoms with Crippen molar-refractivity contribution >= 4 is 12.0 Å². The highest BCUT2D eigenvalue weighted by Crippen LogP contribution is 2.29. The molecule has 138 valence electrons. The van der Waals surface area contributed by atoms with Crippen molar-refractivity contribution in [2.24, 2.45) is 0 Å². The van der Waals surface area contributed by atoms with Crippen LogP contribution in [0, 0.1) is 6.92 Å². The largest absolute Gasteiger partial charge is 0.490 e. The normalized spacial score (nSPS) is 10.7. The third-order valence-corrected chi connectivity index (χ3v) is 3.74. The molecular formula is C22H26O4. The molecule has 0 aliphatic rings. The van der Waals surface area contributed by atoms with Gasteiger partial charge < -0.3 is 14.2 Å². The molecule has 4 heteroatoms. The second-order valence-electron chi connectivity index (χ2n) is 5.86. The van der Waals surface area contributed by atoms with Crippen molar-refractivity contribution in [3.8, 4) is 17.2 Å². The zero-order chi connectivity index (χ0) is 18.8. The molecule has 0 atom stereocenters. The smallest absolute Gasteiger partial charge is 0.336 e. The van der Waals surface area contributed by atoms with Crippen LogP contribution in [-0.2, 0) is 4.79 Å². The first-order valence-electron chi connectivity index (χ1n) is 8.99. The molecule has 0 saturated heterocycles. The SMILES string of the molecule is CCCCOc1ccc(/C=C/C(=O)Oc2ccccc2C)cc1OCC. The summed E-state index contributed by atoms with van der Waals surface area (Å²) < 4.78 is 16.8. The summed E-state index contributed by atoms with van der Waals surface area (Å²) in [4.78, 5) is 12.0. The van der Waals surface area contributed by atoms with Crippen molar-refractivity contribution in [2.75, 3.05) is 13.2 Å². The van der Waals surface area contributed by atoms with Crippen molar-refractivity contribution in [3.63, 3.8) is 0 Å². The molecule has 0 fully saturated rings. The second kappa shape index (κ2) is 10.3. The molecular weight excluding hydrogens is 328 g/mol. The molecule has 2 rings (SSSR count). The quantitative estimate of drug-likeness (QED) is 0.269. The number of hydrogen-bond acceptors (Lipinski definition) is 4. The van der Waals surface area contributed by atoms with Gasteiger partial charge in [-0.25, -0.2) is 4.79 Å². The molecule has 0 aliphatic heterocycles. The predicted molar refractivity (Wildman–Crippen MR) is 104 cm³/mol. The van der Waals surface area contributed by atoms with Crippen LogP contribution in [0.3, 0.4) is 0 Å². The van der Waals surface area contributed by atoms with Crippen LogP contribution in [0.15, 0.2) is 48.5 Å². The molecule has 0 bridgehead atoms. The Morgan fingerprint density at radius 2 is 1.81 bits per heavy atom. The van der Waals surface area contributed by atoms with Crippen LogP contribution >= 0.6 is 0 Å². The van der Waals surface area contributed by atoms with Gasteiger partial charge in [0, 0.05) is 6.08 Å². The van der Waals surface area contributed by atoms with Gasteiger partial charge in [0.15, 0.2) is 11.5 Å². The van der Waals surface area contributed by atoms with E-state index in [9.17, 15) is 4.79 Å². The Morgan fingerprint density at radius 3 is 2.54 bits per heavy atom. The average molecular weight is 354 g/mol. The fourth-order valence-electron chi connectivity index (χ4n) is 2.32. The van der Waals surface area contributed by atoms with Crippen molar-refractivity contribution in [1.29, 1.82) is 0 Å². The van der Waals surface area contributed by atoms with E-state index in [-0.39, 0.29) is 0 Å². The van der Waals surface area contributed by atoms with Gasteiger partial charge in [-0.3, -0.25) is 0 Å². The van der Waals surface area contributed by atoms with Gasteiger partial charge in [-0.1, -0.05) is 37.6 Å². The molecule has 4 nitrogen and oxygen atoms in total. The van der Waals surface area contributed by atoms with E-state index < -0.39 is 5.97 Å². The van der Waals surface area contributed by atoms with Crippen LogP contribution in [-0.4, -0.2) is 19.2 Å². The van der Waals surface area contributed by atoms with Crippen molar-refractivity contribution in [1.82, 2.24) is 0 Å². The minimum Gasteiger partial charge on any atom is -0.490 e. The number of esters is 1. The first-order valence-corrected chi connectivity index (χ1v) is 8.99. The molecule has 2 aromatic rings. The summed E-state index contributed by atoms with van der Waals surface area (Å²) in [6, 6.07) is 13.0. The third-order valence-electron chi connectivity index (χ3n) is 3.74. The van der Waals surface area contributed by atoms with Crippen LogP contribution in [0.1, 0.15) is 37.8 Å². The standard InChI is InChI=1S/C22H26O4/c1-4-6-15-25-20-13-11-18(16-21(20)24-5-2)12-14-22(23)26-19-10-8-7-9-17(19)3/h7-14,16H,4-6,15H2,1-3H3/b14-12+. The molecule has 0 N–H and O–H groups in total. The Kier molecular flexibility index (Phi) is 7.75. The van der Waals surface area contributed by atoms with E-state index in [1.807, 2.05) is 50.2 Å². The number of para-hydroxylation sites is 1. The Labute approximate surface area is 155 Å². The number of ether oxygens (including phenoxy) is 3. The molecule has 2 aromatic carbocycles. The Morgan fingerprint density at radius 1 is 1.00 bits per heavy atom. The highest BCUT2D eigenvalue weighted by Gasteiger charge is 2.07. The minimum atomic E-state index is -0.416. The molecule has 0 amide bonds. The first kappa shape index (κ1) is 19.6. The number of unbranched alkanes of at least 4 members (excludes halogenated alkanes) is 1. The highest BCUT2D eigenvalue weighted by molar-refractivity contribution is 5.89. The van der Waals surface area contributed by atoms with Gasteiger partial charge in [-0.05, 0) is 55.7 Å². The summed E-state index contributed by atoms with van der Waals surface area (Å²) in [7, 11) is 0. The molecule has 0 saturated carbocycles. The lowest BCUT2D eigenvalue weighted by atomic mass is 10.2. The third kappa shape index (κ3) is 5.96. The number of aryl methyl sites for hydroxylation is 1. The Balaban J connectivity index is 2.05. The average Bonchev–Trinajstić information content (AvgIpc) is 2.64. The predicted octanol–water partition coefficient (Wildman–Crippen LogP) is 5.19. The summed E-state index contributed by atoms with van der Waals surface area (Å²) >= 11 is 0. The minimum absolute atomic E-state index is 0.416. The van der Waals surface area contributed by atoms with E-state index in [2.05, 4.69) is 6.92 Å². The zero-order valence-electron chi connectivity index (χ0n) is 15.7. The van der Waals surface area contributed by atoms with Crippen molar-refractivity contribution < 1.29 is 19.0 Å². The van der Waals surface area contributed by atoms with Crippen LogP contribution in [0.2, 0.25) is 0 Å². The Bertz CT molecular complexity index is 750. The maximum atomic E-state index is 12.0. The summed E-state index contributed by atoms with van der Waals surface area (Å²) in [5, 5.41) is 0. The maximum Gasteiger partial charge on any atom is 0.336 e. The van der Waals surface area contributed by atoms with Crippen molar-refractivity contribution in [2.45, 2.75) is 33.6 Å². The molecule has 0 radical (unpaired) electrons. The lowest BCUT2D eigenvalue weighted by Gasteiger charge is -2.12. The number of rotatable bonds is 9. The fraction of sp³-hybridized carbons (Fsp3) is 0.318. The van der Waals surface area contributed by atoms with Gasteiger partial charge in [-0.15, -0.1) is 0 Å². The van der Waals surface area contributed by atoms with E-state index in [0.29, 0.717) is 24.7 Å². The summed E-state index contributed by atoms with van der Waals surface area (Å²) in [6.07, 6.45) is 5.19. The zero-order valence-corrected chi connectivity index (χ0v) is 15.7.